The molecule has 2 rings (SSSR count). The quantitative estimate of drug-likeness (QED) is 0.897. The van der Waals surface area contributed by atoms with E-state index in [2.05, 4.69) is 11.4 Å². The molecule has 0 aromatic carbocycles. The molecule has 0 saturated carbocycles. The van der Waals surface area contributed by atoms with Crippen LogP contribution in [0, 0.1) is 0 Å². The van der Waals surface area contributed by atoms with Crippen molar-refractivity contribution < 1.29 is 9.53 Å². The van der Waals surface area contributed by atoms with Gasteiger partial charge in [-0.2, -0.15) is 0 Å². The Morgan fingerprint density at radius 2 is 2.25 bits per heavy atom. The van der Waals surface area contributed by atoms with Crippen LogP contribution in [0.5, 0.6) is 0 Å². The third-order valence-corrected chi connectivity index (χ3v) is 4.43. The number of carbonyl (C=O) groups excluding carboxylic acids is 1. The molecular formula is C15H24N2O2S. The monoisotopic (exact) mass is 296 g/mol. The summed E-state index contributed by atoms with van der Waals surface area (Å²) in [6, 6.07) is 2.21. The first kappa shape index (κ1) is 15.3. The Balaban J connectivity index is 1.75. The van der Waals surface area contributed by atoms with Crippen LogP contribution < -0.4 is 11.1 Å². The van der Waals surface area contributed by atoms with Gasteiger partial charge in [0.15, 0.2) is 0 Å². The lowest BCUT2D eigenvalue weighted by Gasteiger charge is -2.20. The van der Waals surface area contributed by atoms with Gasteiger partial charge in [-0.1, -0.05) is 0 Å². The number of nitrogens with one attached hydrogen (secondary N) is 1. The van der Waals surface area contributed by atoms with Crippen molar-refractivity contribution >= 4 is 17.4 Å². The van der Waals surface area contributed by atoms with E-state index in [1.54, 1.807) is 0 Å². The number of hydrogen-bond donors (Lipinski definition) is 2. The summed E-state index contributed by atoms with van der Waals surface area (Å²) in [7, 11) is 0. The Labute approximate surface area is 124 Å². The Bertz CT molecular complexity index is 455. The van der Waals surface area contributed by atoms with Gasteiger partial charge in [-0.25, -0.2) is 4.79 Å². The Hall–Kier alpha value is -1.07. The minimum absolute atomic E-state index is 0.0682. The summed E-state index contributed by atoms with van der Waals surface area (Å²) in [4.78, 5) is 14.4. The number of amides is 1. The predicted molar refractivity (Wildman–Crippen MR) is 82.3 cm³/mol. The summed E-state index contributed by atoms with van der Waals surface area (Å²) < 4.78 is 5.19. The second-order valence-electron chi connectivity index (χ2n) is 6.36. The van der Waals surface area contributed by atoms with E-state index in [9.17, 15) is 4.79 Å². The number of nitrogens with two attached hydrogens (primary N) is 1. The third-order valence-electron chi connectivity index (χ3n) is 3.17. The molecule has 112 valence electrons. The van der Waals surface area contributed by atoms with Gasteiger partial charge in [0.2, 0.25) is 0 Å². The van der Waals surface area contributed by atoms with Crippen molar-refractivity contribution in [2.24, 2.45) is 5.73 Å². The van der Waals surface area contributed by atoms with Crippen molar-refractivity contribution in [2.45, 2.75) is 58.1 Å². The maximum absolute atomic E-state index is 11.5. The van der Waals surface area contributed by atoms with Crippen LogP contribution in [0.1, 0.15) is 42.5 Å². The Morgan fingerprint density at radius 3 is 2.90 bits per heavy atom. The van der Waals surface area contributed by atoms with E-state index in [0.29, 0.717) is 6.54 Å². The minimum Gasteiger partial charge on any atom is -0.444 e. The molecule has 0 aliphatic heterocycles. The van der Waals surface area contributed by atoms with Crippen LogP contribution in [-0.4, -0.2) is 24.3 Å². The summed E-state index contributed by atoms with van der Waals surface area (Å²) in [5.41, 5.74) is 7.10. The topological polar surface area (TPSA) is 64.3 Å². The van der Waals surface area contributed by atoms with Crippen LogP contribution in [0.25, 0.3) is 0 Å². The van der Waals surface area contributed by atoms with Gasteiger partial charge < -0.3 is 15.8 Å². The second-order valence-corrected chi connectivity index (χ2v) is 7.58. The number of thiophene rings is 1. The van der Waals surface area contributed by atoms with Crippen LogP contribution in [0.3, 0.4) is 0 Å². The first-order chi connectivity index (χ1) is 9.33. The fourth-order valence-corrected chi connectivity index (χ4v) is 3.70. The zero-order valence-corrected chi connectivity index (χ0v) is 13.3. The fourth-order valence-electron chi connectivity index (χ4n) is 2.35. The summed E-state index contributed by atoms with van der Waals surface area (Å²) in [5.74, 6) is 0. The fraction of sp³-hybridized carbons (Fsp3) is 0.667. The maximum atomic E-state index is 11.5. The van der Waals surface area contributed by atoms with Gasteiger partial charge in [0.05, 0.1) is 0 Å². The van der Waals surface area contributed by atoms with Crippen molar-refractivity contribution in [3.8, 4) is 0 Å². The smallest absolute Gasteiger partial charge is 0.407 e. The number of rotatable bonds is 4. The lowest BCUT2D eigenvalue weighted by molar-refractivity contribution is 0.0524. The Morgan fingerprint density at radius 1 is 1.50 bits per heavy atom. The van der Waals surface area contributed by atoms with Crippen molar-refractivity contribution in [2.75, 3.05) is 6.54 Å². The largest absolute Gasteiger partial charge is 0.444 e. The molecule has 0 saturated heterocycles. The highest BCUT2D eigenvalue weighted by Gasteiger charge is 2.18. The van der Waals surface area contributed by atoms with E-state index in [0.717, 1.165) is 6.42 Å². The van der Waals surface area contributed by atoms with E-state index in [4.69, 9.17) is 10.5 Å². The molecule has 1 amide bonds. The zero-order chi connectivity index (χ0) is 14.8. The molecule has 5 heteroatoms. The number of fused-ring (bicyclic) bond motifs is 1. The molecule has 0 fully saturated rings. The summed E-state index contributed by atoms with van der Waals surface area (Å²) in [5, 5.41) is 2.73. The zero-order valence-electron chi connectivity index (χ0n) is 12.5. The summed E-state index contributed by atoms with van der Waals surface area (Å²) in [6.45, 7) is 5.98. The molecule has 1 unspecified atom stereocenters. The first-order valence-electron chi connectivity index (χ1n) is 7.16. The lowest BCUT2D eigenvalue weighted by Crippen LogP contribution is -2.40. The highest BCUT2D eigenvalue weighted by atomic mass is 32.1. The van der Waals surface area contributed by atoms with Gasteiger partial charge in [0.25, 0.3) is 0 Å². The van der Waals surface area contributed by atoms with Crippen molar-refractivity contribution in [3.05, 3.63) is 21.4 Å². The summed E-state index contributed by atoms with van der Waals surface area (Å²) in [6.07, 6.45) is 4.12. The molecule has 1 aromatic heterocycles. The first-order valence-corrected chi connectivity index (χ1v) is 7.98. The highest BCUT2D eigenvalue weighted by molar-refractivity contribution is 7.12. The van der Waals surface area contributed by atoms with Gasteiger partial charge in [-0.15, -0.1) is 11.3 Å². The average molecular weight is 296 g/mol. The van der Waals surface area contributed by atoms with Gasteiger partial charge in [-0.05, 0) is 58.1 Å². The number of alkyl carbamates (subject to hydrolysis) is 1. The lowest BCUT2D eigenvalue weighted by atomic mass is 10.1. The molecule has 0 radical (unpaired) electrons. The molecule has 1 aliphatic carbocycles. The van der Waals surface area contributed by atoms with Gasteiger partial charge >= 0.3 is 6.09 Å². The number of hydrogen-bond acceptors (Lipinski definition) is 4. The molecule has 3 N–H and O–H groups in total. The van der Waals surface area contributed by atoms with Crippen LogP contribution in [0.15, 0.2) is 6.07 Å². The molecule has 0 spiro atoms. The number of aryl methyl sites for hydroxylation is 2. The second kappa shape index (κ2) is 6.14. The van der Waals surface area contributed by atoms with Crippen molar-refractivity contribution in [1.29, 1.82) is 0 Å². The Kier molecular flexibility index (Phi) is 4.70. The summed E-state index contributed by atoms with van der Waals surface area (Å²) >= 11 is 1.87. The normalized spacial score (nSPS) is 15.8. The molecular weight excluding hydrogens is 272 g/mol. The molecule has 1 aliphatic rings. The molecule has 20 heavy (non-hydrogen) atoms. The van der Waals surface area contributed by atoms with E-state index in [1.807, 2.05) is 32.1 Å². The molecule has 1 atom stereocenters. The SMILES string of the molecule is CC(C)(C)OC(=O)NCC(N)Cc1cc2c(s1)CCC2. The molecule has 1 aromatic rings. The van der Waals surface area contributed by atoms with Crippen molar-refractivity contribution in [1.82, 2.24) is 5.32 Å². The third kappa shape index (κ3) is 4.49. The van der Waals surface area contributed by atoms with E-state index < -0.39 is 11.7 Å². The molecule has 1 heterocycles. The minimum atomic E-state index is -0.470. The van der Waals surface area contributed by atoms with Crippen LogP contribution in [-0.2, 0) is 24.0 Å². The molecule has 0 bridgehead atoms. The number of ether oxygens (including phenoxy) is 1. The predicted octanol–water partition coefficient (Wildman–Crippen LogP) is 2.63. The average Bonchev–Trinajstić information content (AvgIpc) is 2.84. The maximum Gasteiger partial charge on any atom is 0.407 e. The van der Waals surface area contributed by atoms with Gasteiger partial charge in [0, 0.05) is 22.3 Å². The van der Waals surface area contributed by atoms with E-state index >= 15 is 0 Å². The van der Waals surface area contributed by atoms with Crippen molar-refractivity contribution in [3.63, 3.8) is 0 Å². The highest BCUT2D eigenvalue weighted by Crippen LogP contribution is 2.30. The number of carbonyl (C=O) groups is 1. The standard InChI is InChI=1S/C15H24N2O2S/c1-15(2,3)19-14(18)17-9-11(16)8-12-7-10-5-4-6-13(10)20-12/h7,11H,4-6,8-9,16H2,1-3H3,(H,17,18). The van der Waals surface area contributed by atoms with Crippen LogP contribution in [0.4, 0.5) is 4.79 Å². The van der Waals surface area contributed by atoms with Gasteiger partial charge in [0.1, 0.15) is 5.60 Å². The van der Waals surface area contributed by atoms with Crippen LogP contribution in [0.2, 0.25) is 0 Å². The van der Waals surface area contributed by atoms with Crippen LogP contribution >= 0.6 is 11.3 Å². The van der Waals surface area contributed by atoms with E-state index in [-0.39, 0.29) is 6.04 Å². The molecule has 4 nitrogen and oxygen atoms in total. The van der Waals surface area contributed by atoms with Gasteiger partial charge in [-0.3, -0.25) is 0 Å². The van der Waals surface area contributed by atoms with E-state index in [1.165, 1.54) is 34.6 Å².